The van der Waals surface area contributed by atoms with E-state index in [2.05, 4.69) is 10.2 Å². The maximum Gasteiger partial charge on any atom is 0.348 e. The molecule has 0 fully saturated rings. The summed E-state index contributed by atoms with van der Waals surface area (Å²) in [6.45, 7) is 1.79. The fourth-order valence-corrected chi connectivity index (χ4v) is 4.00. The number of aryl methyl sites for hydroxylation is 1. The van der Waals surface area contributed by atoms with Gasteiger partial charge in [-0.25, -0.2) is 13.3 Å². The third-order valence-electron chi connectivity index (χ3n) is 3.38. The minimum Gasteiger partial charge on any atom is -0.477 e. The summed E-state index contributed by atoms with van der Waals surface area (Å²) in [5.74, 6) is -1.16. The molecule has 2 aromatic heterocycles. The summed E-state index contributed by atoms with van der Waals surface area (Å²) in [5.41, 5.74) is 2.02. The summed E-state index contributed by atoms with van der Waals surface area (Å²) in [5, 5.41) is 16.1. The predicted molar refractivity (Wildman–Crippen MR) is 92.9 cm³/mol. The number of anilines is 2. The zero-order valence-electron chi connectivity index (χ0n) is 12.5. The Hall–Kier alpha value is -2.49. The number of hydrogen-bond donors (Lipinski definition) is 3. The Labute approximate surface area is 144 Å². The molecule has 3 N–H and O–H groups in total. The molecule has 24 heavy (non-hydrogen) atoms. The number of para-hydroxylation sites is 1. The molecular formula is C15H13N3O4S2. The highest BCUT2D eigenvalue weighted by molar-refractivity contribution is 7.81. The van der Waals surface area contributed by atoms with E-state index in [9.17, 15) is 18.7 Å². The maximum atomic E-state index is 12.0. The number of H-pyrrole nitrogens is 1. The summed E-state index contributed by atoms with van der Waals surface area (Å²) in [4.78, 5) is 12.2. The Bertz CT molecular complexity index is 905. The molecule has 0 saturated heterocycles. The number of carboxylic acid groups (broad SMARTS) is 1. The van der Waals surface area contributed by atoms with Crippen molar-refractivity contribution in [1.29, 1.82) is 0 Å². The zero-order chi connectivity index (χ0) is 17.3. The third kappa shape index (κ3) is 2.96. The molecule has 9 heteroatoms. The third-order valence-corrected chi connectivity index (χ3v) is 5.23. The van der Waals surface area contributed by atoms with Gasteiger partial charge in [-0.05, 0) is 30.7 Å². The number of benzene rings is 1. The Morgan fingerprint density at radius 1 is 1.29 bits per heavy atom. The van der Waals surface area contributed by atoms with E-state index in [4.69, 9.17) is 0 Å². The first-order chi connectivity index (χ1) is 11.5. The molecule has 0 saturated carbocycles. The number of carboxylic acids is 1. The molecule has 0 amide bonds. The summed E-state index contributed by atoms with van der Waals surface area (Å²) >= 11 is -1.41. The van der Waals surface area contributed by atoms with Crippen molar-refractivity contribution in [2.75, 3.05) is 4.31 Å². The van der Waals surface area contributed by atoms with Gasteiger partial charge in [0, 0.05) is 6.20 Å². The fraction of sp³-hybridized carbons (Fsp3) is 0.0667. The fourth-order valence-electron chi connectivity index (χ4n) is 2.30. The second-order valence-electron chi connectivity index (χ2n) is 4.91. The number of nitrogens with zero attached hydrogens (tertiary/aromatic N) is 2. The van der Waals surface area contributed by atoms with Crippen molar-refractivity contribution < 1.29 is 18.7 Å². The second-order valence-corrected chi connectivity index (χ2v) is 6.79. The quantitative estimate of drug-likeness (QED) is 0.602. The van der Waals surface area contributed by atoms with Crippen molar-refractivity contribution in [2.24, 2.45) is 0 Å². The summed E-state index contributed by atoms with van der Waals surface area (Å²) < 4.78 is 22.8. The average molecular weight is 363 g/mol. The Morgan fingerprint density at radius 2 is 2.04 bits per heavy atom. The van der Waals surface area contributed by atoms with Crippen molar-refractivity contribution in [2.45, 2.75) is 6.92 Å². The second kappa shape index (κ2) is 6.56. The lowest BCUT2D eigenvalue weighted by Crippen LogP contribution is -2.21. The van der Waals surface area contributed by atoms with Crippen molar-refractivity contribution in [1.82, 2.24) is 10.2 Å². The van der Waals surface area contributed by atoms with Gasteiger partial charge in [0.25, 0.3) is 11.3 Å². The van der Waals surface area contributed by atoms with Gasteiger partial charge >= 0.3 is 5.97 Å². The largest absolute Gasteiger partial charge is 0.477 e. The molecule has 0 radical (unpaired) electrons. The molecule has 0 spiro atoms. The molecule has 1 aromatic carbocycles. The highest BCUT2D eigenvalue weighted by Crippen LogP contribution is 2.40. The number of aromatic amines is 1. The van der Waals surface area contributed by atoms with Gasteiger partial charge in [-0.3, -0.25) is 9.65 Å². The summed E-state index contributed by atoms with van der Waals surface area (Å²) in [7, 11) is 0. The monoisotopic (exact) mass is 363 g/mol. The highest BCUT2D eigenvalue weighted by Gasteiger charge is 2.26. The first-order valence-electron chi connectivity index (χ1n) is 6.82. The van der Waals surface area contributed by atoms with Gasteiger partial charge in [-0.15, -0.1) is 11.3 Å². The number of carbonyl (C=O) groups is 1. The Kier molecular flexibility index (Phi) is 4.47. The molecule has 0 bridgehead atoms. The van der Waals surface area contributed by atoms with Crippen molar-refractivity contribution in [3.05, 3.63) is 53.0 Å². The molecule has 1 unspecified atom stereocenters. The lowest BCUT2D eigenvalue weighted by Gasteiger charge is -2.21. The zero-order valence-corrected chi connectivity index (χ0v) is 14.1. The van der Waals surface area contributed by atoms with Crippen LogP contribution in [0.1, 0.15) is 15.2 Å². The van der Waals surface area contributed by atoms with E-state index >= 15 is 0 Å². The Balaban J connectivity index is 2.20. The van der Waals surface area contributed by atoms with Crippen LogP contribution < -0.4 is 4.31 Å². The summed E-state index contributed by atoms with van der Waals surface area (Å²) in [6.07, 6.45) is 1.55. The molecule has 3 aromatic rings. The molecule has 0 aliphatic carbocycles. The standard InChI is InChI=1S/C15H13N3O4S2/c1-9-4-2-3-5-11(9)18(24(21)22)12-8-13(10-6-7-16-17-10)23-14(12)15(19)20/h2-8H,1H3,(H,16,17)(H,19,20)(H,21,22). The van der Waals surface area contributed by atoms with Gasteiger partial charge in [0.05, 0.1) is 21.9 Å². The van der Waals surface area contributed by atoms with Gasteiger partial charge in [0.1, 0.15) is 4.88 Å². The first-order valence-corrected chi connectivity index (χ1v) is 8.70. The van der Waals surface area contributed by atoms with Crippen LogP contribution in [0.3, 0.4) is 0 Å². The van der Waals surface area contributed by atoms with Gasteiger partial charge in [0.2, 0.25) is 0 Å². The van der Waals surface area contributed by atoms with Gasteiger partial charge in [-0.2, -0.15) is 5.10 Å². The van der Waals surface area contributed by atoms with Crippen molar-refractivity contribution >= 4 is 39.9 Å². The smallest absolute Gasteiger partial charge is 0.348 e. The summed E-state index contributed by atoms with van der Waals surface area (Å²) in [6, 6.07) is 10.3. The lowest BCUT2D eigenvalue weighted by atomic mass is 10.2. The average Bonchev–Trinajstić information content (AvgIpc) is 3.18. The molecule has 124 valence electrons. The maximum absolute atomic E-state index is 12.0. The number of hydrogen-bond acceptors (Lipinski definition) is 4. The lowest BCUT2D eigenvalue weighted by molar-refractivity contribution is 0.0703. The van der Waals surface area contributed by atoms with Crippen LogP contribution in [0.4, 0.5) is 11.4 Å². The van der Waals surface area contributed by atoms with Crippen molar-refractivity contribution in [3.63, 3.8) is 0 Å². The molecule has 0 aliphatic rings. The number of aromatic carboxylic acids is 1. The van der Waals surface area contributed by atoms with E-state index in [-0.39, 0.29) is 10.6 Å². The van der Waals surface area contributed by atoms with E-state index in [0.717, 1.165) is 21.2 Å². The Morgan fingerprint density at radius 3 is 2.62 bits per heavy atom. The van der Waals surface area contributed by atoms with Crippen LogP contribution in [0.5, 0.6) is 0 Å². The molecule has 1 atom stereocenters. The first kappa shape index (κ1) is 16.4. The molecule has 2 heterocycles. The number of thiophene rings is 1. The predicted octanol–water partition coefficient (Wildman–Crippen LogP) is 3.42. The highest BCUT2D eigenvalue weighted by atomic mass is 32.2. The minimum atomic E-state index is -2.43. The number of rotatable bonds is 5. The topological polar surface area (TPSA) is 107 Å². The van der Waals surface area contributed by atoms with Crippen LogP contribution >= 0.6 is 11.3 Å². The molecule has 3 rings (SSSR count). The van der Waals surface area contributed by atoms with Crippen LogP contribution in [0.2, 0.25) is 0 Å². The minimum absolute atomic E-state index is 0.0229. The normalized spacial score (nSPS) is 12.1. The van der Waals surface area contributed by atoms with Crippen molar-refractivity contribution in [3.8, 4) is 10.6 Å². The number of nitrogens with one attached hydrogen (secondary N) is 1. The van der Waals surface area contributed by atoms with E-state index < -0.39 is 17.2 Å². The van der Waals surface area contributed by atoms with Crippen LogP contribution in [0, 0.1) is 6.92 Å². The van der Waals surface area contributed by atoms with Crippen LogP contribution in [0.25, 0.3) is 10.6 Å². The molecular weight excluding hydrogens is 350 g/mol. The van der Waals surface area contributed by atoms with E-state index in [1.165, 1.54) is 0 Å². The van der Waals surface area contributed by atoms with E-state index in [0.29, 0.717) is 16.3 Å². The van der Waals surface area contributed by atoms with Crippen LogP contribution in [-0.2, 0) is 11.3 Å². The van der Waals surface area contributed by atoms with E-state index in [1.807, 2.05) is 0 Å². The van der Waals surface area contributed by atoms with E-state index in [1.54, 1.807) is 49.5 Å². The van der Waals surface area contributed by atoms with Crippen LogP contribution in [-0.4, -0.2) is 30.0 Å². The number of aromatic nitrogens is 2. The SMILES string of the molecule is Cc1ccccc1N(c1cc(-c2ccn[nH]2)sc1C(=O)O)S(=O)O. The molecule has 7 nitrogen and oxygen atoms in total. The molecule has 0 aliphatic heterocycles. The van der Waals surface area contributed by atoms with Gasteiger partial charge < -0.3 is 5.11 Å². The van der Waals surface area contributed by atoms with Crippen LogP contribution in [0.15, 0.2) is 42.6 Å². The van der Waals surface area contributed by atoms with Gasteiger partial charge in [-0.1, -0.05) is 18.2 Å². The van der Waals surface area contributed by atoms with Gasteiger partial charge in [0.15, 0.2) is 0 Å².